The highest BCUT2D eigenvalue weighted by Crippen LogP contribution is 1.96. The molecular weight excluding hydrogens is 178 g/mol. The smallest absolute Gasteiger partial charge is 0.0701 e. The van der Waals surface area contributed by atoms with Crippen LogP contribution in [0.2, 0.25) is 0 Å². The Kier molecular flexibility index (Phi) is 8.14. The van der Waals surface area contributed by atoms with E-state index < -0.39 is 0 Å². The van der Waals surface area contributed by atoms with Crippen LogP contribution in [0.4, 0.5) is 0 Å². The Morgan fingerprint density at radius 2 is 1.57 bits per heavy atom. The summed E-state index contributed by atoms with van der Waals surface area (Å²) in [6, 6.07) is 0. The predicted octanol–water partition coefficient (Wildman–Crippen LogP) is 1.63. The second-order valence-electron chi connectivity index (χ2n) is 4.26. The lowest BCUT2D eigenvalue weighted by Crippen LogP contribution is -2.38. The van der Waals surface area contributed by atoms with Gasteiger partial charge in [0.15, 0.2) is 0 Å². The Balaban J connectivity index is 2.99. The molecule has 0 aliphatic carbocycles. The molecule has 14 heavy (non-hydrogen) atoms. The van der Waals surface area contributed by atoms with Crippen molar-refractivity contribution in [3.8, 4) is 0 Å². The van der Waals surface area contributed by atoms with Gasteiger partial charge in [0.1, 0.15) is 0 Å². The molecule has 1 radical (unpaired) electrons. The second-order valence-corrected chi connectivity index (χ2v) is 4.26. The lowest BCUT2D eigenvalue weighted by Gasteiger charge is -2.20. The fourth-order valence-electron chi connectivity index (χ4n) is 0.922. The summed E-state index contributed by atoms with van der Waals surface area (Å²) in [6.07, 6.45) is 0.825. The van der Waals surface area contributed by atoms with Crippen molar-refractivity contribution in [3.05, 3.63) is 6.92 Å². The van der Waals surface area contributed by atoms with E-state index in [2.05, 4.69) is 33.0 Å². The summed E-state index contributed by atoms with van der Waals surface area (Å²) in [4.78, 5) is 0. The van der Waals surface area contributed by atoms with Crippen molar-refractivity contribution in [2.45, 2.75) is 32.7 Å². The summed E-state index contributed by atoms with van der Waals surface area (Å²) < 4.78 is 10.6. The summed E-state index contributed by atoms with van der Waals surface area (Å²) in [5.74, 6) is 0. The predicted molar refractivity (Wildman–Crippen MR) is 59.4 cm³/mol. The van der Waals surface area contributed by atoms with E-state index in [0.29, 0.717) is 13.2 Å². The molecular formula is C11H24NO2. The van der Waals surface area contributed by atoms with Gasteiger partial charge in [-0.05, 0) is 27.2 Å². The lowest BCUT2D eigenvalue weighted by atomic mass is 10.1. The fraction of sp³-hybridized carbons (Fsp3) is 0.909. The zero-order chi connectivity index (χ0) is 10.9. The van der Waals surface area contributed by atoms with Crippen molar-refractivity contribution in [1.82, 2.24) is 5.32 Å². The second kappa shape index (κ2) is 8.21. The molecule has 0 aliphatic heterocycles. The quantitative estimate of drug-likeness (QED) is 0.607. The third kappa shape index (κ3) is 11.9. The first-order valence-electron chi connectivity index (χ1n) is 5.26. The van der Waals surface area contributed by atoms with Crippen molar-refractivity contribution in [2.75, 3.05) is 33.0 Å². The highest BCUT2D eigenvalue weighted by atomic mass is 16.5. The first-order chi connectivity index (χ1) is 6.56. The van der Waals surface area contributed by atoms with Crippen LogP contribution in [-0.2, 0) is 9.47 Å². The van der Waals surface area contributed by atoms with Crippen molar-refractivity contribution in [2.24, 2.45) is 0 Å². The topological polar surface area (TPSA) is 30.5 Å². The van der Waals surface area contributed by atoms with Crippen LogP contribution in [-0.4, -0.2) is 38.5 Å². The standard InChI is InChI=1S/C11H24NO2/c1-5-7-13-9-10-14-8-6-12-11(2,3)4/h12H,1,5-10H2,2-4H3. The van der Waals surface area contributed by atoms with Crippen LogP contribution in [0.25, 0.3) is 0 Å². The Bertz CT molecular complexity index is 121. The molecule has 0 rings (SSSR count). The molecule has 0 bridgehead atoms. The normalized spacial score (nSPS) is 12.0. The summed E-state index contributed by atoms with van der Waals surface area (Å²) in [5, 5.41) is 3.35. The molecule has 0 aromatic heterocycles. The van der Waals surface area contributed by atoms with Crippen LogP contribution >= 0.6 is 0 Å². The van der Waals surface area contributed by atoms with E-state index >= 15 is 0 Å². The Labute approximate surface area is 88.2 Å². The third-order valence-corrected chi connectivity index (χ3v) is 1.56. The highest BCUT2D eigenvalue weighted by Gasteiger charge is 2.06. The van der Waals surface area contributed by atoms with Crippen molar-refractivity contribution in [3.63, 3.8) is 0 Å². The SMILES string of the molecule is [CH2]CCOCCOCCNC(C)(C)C. The maximum absolute atomic E-state index is 5.37. The average molecular weight is 202 g/mol. The highest BCUT2D eigenvalue weighted by molar-refractivity contribution is 4.69. The van der Waals surface area contributed by atoms with Gasteiger partial charge in [0.2, 0.25) is 0 Å². The molecule has 0 saturated carbocycles. The van der Waals surface area contributed by atoms with E-state index in [1.165, 1.54) is 0 Å². The van der Waals surface area contributed by atoms with E-state index in [-0.39, 0.29) is 5.54 Å². The first kappa shape index (κ1) is 13.9. The van der Waals surface area contributed by atoms with E-state index in [9.17, 15) is 0 Å². The lowest BCUT2D eigenvalue weighted by molar-refractivity contribution is 0.0490. The van der Waals surface area contributed by atoms with Gasteiger partial charge < -0.3 is 14.8 Å². The zero-order valence-corrected chi connectivity index (χ0v) is 9.77. The van der Waals surface area contributed by atoms with E-state index in [0.717, 1.165) is 26.2 Å². The van der Waals surface area contributed by atoms with Crippen LogP contribution in [0.15, 0.2) is 0 Å². The minimum Gasteiger partial charge on any atom is -0.379 e. The number of rotatable bonds is 8. The minimum atomic E-state index is 0.174. The average Bonchev–Trinajstić information content (AvgIpc) is 2.08. The number of nitrogens with one attached hydrogen (secondary N) is 1. The molecule has 0 saturated heterocycles. The van der Waals surface area contributed by atoms with Crippen LogP contribution in [0.5, 0.6) is 0 Å². The van der Waals surface area contributed by atoms with Gasteiger partial charge in [-0.3, -0.25) is 0 Å². The number of ether oxygens (including phenoxy) is 2. The largest absolute Gasteiger partial charge is 0.379 e. The van der Waals surface area contributed by atoms with Crippen LogP contribution in [0, 0.1) is 6.92 Å². The van der Waals surface area contributed by atoms with Gasteiger partial charge in [0.25, 0.3) is 0 Å². The molecule has 0 heterocycles. The molecule has 0 unspecified atom stereocenters. The maximum Gasteiger partial charge on any atom is 0.0701 e. The molecule has 0 atom stereocenters. The molecule has 0 fully saturated rings. The van der Waals surface area contributed by atoms with E-state index in [1.807, 2.05) is 0 Å². The van der Waals surface area contributed by atoms with Gasteiger partial charge in [0.05, 0.1) is 19.8 Å². The third-order valence-electron chi connectivity index (χ3n) is 1.56. The summed E-state index contributed by atoms with van der Waals surface area (Å²) >= 11 is 0. The Morgan fingerprint density at radius 1 is 1.00 bits per heavy atom. The Morgan fingerprint density at radius 3 is 2.07 bits per heavy atom. The Hall–Kier alpha value is -0.120. The zero-order valence-electron chi connectivity index (χ0n) is 9.77. The molecule has 0 aromatic carbocycles. The molecule has 1 N–H and O–H groups in total. The number of hydrogen-bond acceptors (Lipinski definition) is 3. The molecule has 0 aliphatic rings. The molecule has 85 valence electrons. The first-order valence-corrected chi connectivity index (χ1v) is 5.26. The van der Waals surface area contributed by atoms with Gasteiger partial charge in [-0.2, -0.15) is 0 Å². The maximum atomic E-state index is 5.37. The van der Waals surface area contributed by atoms with Gasteiger partial charge >= 0.3 is 0 Å². The van der Waals surface area contributed by atoms with Crippen molar-refractivity contribution in [1.29, 1.82) is 0 Å². The van der Waals surface area contributed by atoms with E-state index in [1.54, 1.807) is 0 Å². The van der Waals surface area contributed by atoms with E-state index in [4.69, 9.17) is 9.47 Å². The van der Waals surface area contributed by atoms with Crippen molar-refractivity contribution >= 4 is 0 Å². The number of hydrogen-bond donors (Lipinski definition) is 1. The summed E-state index contributed by atoms with van der Waals surface area (Å²) in [6.45, 7) is 13.8. The molecule has 0 aromatic rings. The summed E-state index contributed by atoms with van der Waals surface area (Å²) in [7, 11) is 0. The molecule has 0 amide bonds. The van der Waals surface area contributed by atoms with Crippen LogP contribution in [0.1, 0.15) is 27.2 Å². The van der Waals surface area contributed by atoms with Gasteiger partial charge in [0, 0.05) is 18.7 Å². The molecule has 3 nitrogen and oxygen atoms in total. The van der Waals surface area contributed by atoms with Gasteiger partial charge in [-0.15, -0.1) is 0 Å². The fourth-order valence-corrected chi connectivity index (χ4v) is 0.922. The van der Waals surface area contributed by atoms with Crippen LogP contribution in [0.3, 0.4) is 0 Å². The van der Waals surface area contributed by atoms with Crippen molar-refractivity contribution < 1.29 is 9.47 Å². The minimum absolute atomic E-state index is 0.174. The van der Waals surface area contributed by atoms with Crippen LogP contribution < -0.4 is 5.32 Å². The summed E-state index contributed by atoms with van der Waals surface area (Å²) in [5.41, 5.74) is 0.174. The van der Waals surface area contributed by atoms with Gasteiger partial charge in [-0.25, -0.2) is 0 Å². The molecule has 0 spiro atoms. The molecule has 3 heteroatoms. The van der Waals surface area contributed by atoms with Gasteiger partial charge in [-0.1, -0.05) is 6.92 Å². The monoisotopic (exact) mass is 202 g/mol.